The number of aryl methyl sites for hydroxylation is 1. The van der Waals surface area contributed by atoms with Crippen LogP contribution in [0.2, 0.25) is 0 Å². The second-order valence-electron chi connectivity index (χ2n) is 9.55. The number of benzene rings is 3. The zero-order valence-electron chi connectivity index (χ0n) is 23.4. The number of aromatic nitrogens is 1. The third kappa shape index (κ3) is 5.36. The van der Waals surface area contributed by atoms with Crippen molar-refractivity contribution in [1.82, 2.24) is 4.98 Å². The fraction of sp³-hybridized carbons (Fsp3) is 0.188. The number of carbonyl (C=O) groups is 3. The Morgan fingerprint density at radius 2 is 1.69 bits per heavy atom. The van der Waals surface area contributed by atoms with Crippen LogP contribution >= 0.6 is 11.3 Å². The van der Waals surface area contributed by atoms with Gasteiger partial charge in [0.05, 0.1) is 36.4 Å². The number of hydrogen-bond donors (Lipinski definition) is 1. The fourth-order valence-corrected chi connectivity index (χ4v) is 5.76. The van der Waals surface area contributed by atoms with Crippen LogP contribution in [0.4, 0.5) is 5.13 Å². The highest BCUT2D eigenvalue weighted by Crippen LogP contribution is 2.45. The Kier molecular flexibility index (Phi) is 8.08. The molecule has 214 valence electrons. The van der Waals surface area contributed by atoms with E-state index in [1.165, 1.54) is 26.0 Å². The molecule has 2 heterocycles. The summed E-state index contributed by atoms with van der Waals surface area (Å²) in [6.45, 7) is 3.39. The molecule has 1 aliphatic rings. The van der Waals surface area contributed by atoms with E-state index in [0.29, 0.717) is 45.6 Å². The Bertz CT molecular complexity index is 1690. The minimum absolute atomic E-state index is 0.123. The quantitative estimate of drug-likeness (QED) is 0.112. The molecule has 1 aliphatic heterocycles. The van der Waals surface area contributed by atoms with Gasteiger partial charge in [0, 0.05) is 12.5 Å². The lowest BCUT2D eigenvalue weighted by atomic mass is 9.95. The summed E-state index contributed by atoms with van der Waals surface area (Å²) in [5, 5.41) is 11.6. The van der Waals surface area contributed by atoms with Gasteiger partial charge in [-0.2, -0.15) is 0 Å². The van der Waals surface area contributed by atoms with Crippen molar-refractivity contribution >= 4 is 39.7 Å². The van der Waals surface area contributed by atoms with Crippen LogP contribution in [0.1, 0.15) is 45.0 Å². The van der Waals surface area contributed by atoms with Crippen LogP contribution in [0.5, 0.6) is 17.2 Å². The number of rotatable bonds is 9. The van der Waals surface area contributed by atoms with Crippen molar-refractivity contribution in [3.8, 4) is 17.2 Å². The van der Waals surface area contributed by atoms with E-state index in [1.807, 2.05) is 30.3 Å². The number of aliphatic hydroxyl groups is 1. The lowest BCUT2D eigenvalue weighted by molar-refractivity contribution is -0.132. The maximum Gasteiger partial charge on any atom is 0.301 e. The molecule has 0 radical (unpaired) electrons. The number of methoxy groups -OCH3 is 2. The summed E-state index contributed by atoms with van der Waals surface area (Å²) >= 11 is 1.02. The molecule has 1 aromatic heterocycles. The summed E-state index contributed by atoms with van der Waals surface area (Å²) in [7, 11) is 3.01. The molecule has 0 aliphatic carbocycles. The van der Waals surface area contributed by atoms with Gasteiger partial charge in [-0.05, 0) is 54.4 Å². The van der Waals surface area contributed by atoms with Gasteiger partial charge in [0.25, 0.3) is 5.78 Å². The van der Waals surface area contributed by atoms with Gasteiger partial charge in [-0.1, -0.05) is 47.7 Å². The molecule has 1 N–H and O–H groups in total. The molecule has 1 atom stereocenters. The third-order valence-corrected chi connectivity index (χ3v) is 8.12. The SMILES string of the molecule is COc1ccc(C(O)=C2C(=O)C(=O)N(c3nc(C)c(C(C)=O)s3)[C@@H]2c2ccc(OCc3ccccc3)c(OC)c2)cc1. The lowest BCUT2D eigenvalue weighted by Crippen LogP contribution is -2.29. The van der Waals surface area contributed by atoms with E-state index in [4.69, 9.17) is 14.2 Å². The second kappa shape index (κ2) is 11.9. The van der Waals surface area contributed by atoms with Crippen molar-refractivity contribution in [3.63, 3.8) is 0 Å². The number of carbonyl (C=O) groups excluding carboxylic acids is 3. The highest BCUT2D eigenvalue weighted by atomic mass is 32.1. The summed E-state index contributed by atoms with van der Waals surface area (Å²) in [5.41, 5.74) is 2.10. The van der Waals surface area contributed by atoms with E-state index in [1.54, 1.807) is 49.4 Å². The number of ketones is 2. The Morgan fingerprint density at radius 3 is 2.31 bits per heavy atom. The van der Waals surface area contributed by atoms with Gasteiger partial charge >= 0.3 is 5.91 Å². The number of nitrogens with zero attached hydrogens (tertiary/aromatic N) is 2. The van der Waals surface area contributed by atoms with E-state index in [2.05, 4.69) is 4.98 Å². The summed E-state index contributed by atoms with van der Waals surface area (Å²) in [6.07, 6.45) is 0. The Labute approximate surface area is 246 Å². The average molecular weight is 585 g/mol. The molecule has 0 saturated carbocycles. The fourth-order valence-electron chi connectivity index (χ4n) is 4.77. The van der Waals surface area contributed by atoms with Gasteiger partial charge in [0.15, 0.2) is 22.4 Å². The van der Waals surface area contributed by atoms with Crippen molar-refractivity contribution in [2.45, 2.75) is 26.5 Å². The predicted molar refractivity (Wildman–Crippen MR) is 158 cm³/mol. The maximum atomic E-state index is 13.5. The van der Waals surface area contributed by atoms with Gasteiger partial charge in [0.2, 0.25) is 0 Å². The second-order valence-corrected chi connectivity index (χ2v) is 10.5. The van der Waals surface area contributed by atoms with Crippen LogP contribution in [0.15, 0.2) is 78.4 Å². The Balaban J connectivity index is 1.63. The molecule has 4 aromatic rings. The molecule has 0 unspecified atom stereocenters. The monoisotopic (exact) mass is 584 g/mol. The molecule has 0 spiro atoms. The largest absolute Gasteiger partial charge is 0.507 e. The standard InChI is InChI=1S/C32H28N2O7S/c1-18-30(19(2)35)42-32(33-18)34-27(26(29(37)31(34)38)28(36)21-10-13-23(39-3)14-11-21)22-12-15-24(25(16-22)40-4)41-17-20-8-6-5-7-9-20/h5-16,27,36H,17H2,1-4H3/t27-/m1/s1. The molecule has 9 nitrogen and oxygen atoms in total. The van der Waals surface area contributed by atoms with Crippen LogP contribution < -0.4 is 19.1 Å². The molecule has 3 aromatic carbocycles. The van der Waals surface area contributed by atoms with Crippen molar-refractivity contribution in [1.29, 1.82) is 0 Å². The van der Waals surface area contributed by atoms with Crippen LogP contribution in [-0.4, -0.2) is 41.8 Å². The van der Waals surface area contributed by atoms with E-state index in [0.717, 1.165) is 16.9 Å². The smallest absolute Gasteiger partial charge is 0.301 e. The zero-order chi connectivity index (χ0) is 30.0. The summed E-state index contributed by atoms with van der Waals surface area (Å²) in [6, 6.07) is 20.1. The van der Waals surface area contributed by atoms with Crippen molar-refractivity contribution in [2.24, 2.45) is 0 Å². The normalized spacial score (nSPS) is 16.0. The van der Waals surface area contributed by atoms with Crippen LogP contribution in [-0.2, 0) is 16.2 Å². The van der Waals surface area contributed by atoms with Gasteiger partial charge in [0.1, 0.15) is 18.1 Å². The first-order valence-electron chi connectivity index (χ1n) is 13.0. The number of aliphatic hydroxyl groups excluding tert-OH is 1. The molecule has 42 heavy (non-hydrogen) atoms. The lowest BCUT2D eigenvalue weighted by Gasteiger charge is -2.24. The van der Waals surface area contributed by atoms with E-state index < -0.39 is 17.7 Å². The molecular weight excluding hydrogens is 556 g/mol. The van der Waals surface area contributed by atoms with Crippen LogP contribution in [0.25, 0.3) is 5.76 Å². The predicted octanol–water partition coefficient (Wildman–Crippen LogP) is 5.88. The van der Waals surface area contributed by atoms with E-state index in [9.17, 15) is 19.5 Å². The highest BCUT2D eigenvalue weighted by Gasteiger charge is 2.48. The molecule has 1 fully saturated rings. The average Bonchev–Trinajstić information content (AvgIpc) is 3.52. The topological polar surface area (TPSA) is 115 Å². The Hall–Kier alpha value is -4.96. The molecule has 0 bridgehead atoms. The number of anilines is 1. The number of ether oxygens (including phenoxy) is 3. The summed E-state index contributed by atoms with van der Waals surface area (Å²) < 4.78 is 16.8. The van der Waals surface area contributed by atoms with Crippen molar-refractivity contribution < 1.29 is 33.7 Å². The molecule has 1 amide bonds. The van der Waals surface area contributed by atoms with Gasteiger partial charge < -0.3 is 19.3 Å². The van der Waals surface area contributed by atoms with Crippen molar-refractivity contribution in [3.05, 3.63) is 106 Å². The first kappa shape index (κ1) is 28.6. The highest BCUT2D eigenvalue weighted by molar-refractivity contribution is 7.18. The minimum Gasteiger partial charge on any atom is -0.507 e. The van der Waals surface area contributed by atoms with Crippen molar-refractivity contribution in [2.75, 3.05) is 19.1 Å². The number of Topliss-reactive ketones (excluding diaryl/α,β-unsaturated/α-hetero) is 2. The zero-order valence-corrected chi connectivity index (χ0v) is 24.2. The molecule has 10 heteroatoms. The number of amides is 1. The van der Waals surface area contributed by atoms with Gasteiger partial charge in [-0.25, -0.2) is 4.98 Å². The number of thiazole rings is 1. The first-order chi connectivity index (χ1) is 20.2. The molecule has 1 saturated heterocycles. The van der Waals surface area contributed by atoms with E-state index in [-0.39, 0.29) is 22.2 Å². The summed E-state index contributed by atoms with van der Waals surface area (Å²) in [5.74, 6) is -0.916. The summed E-state index contributed by atoms with van der Waals surface area (Å²) in [4.78, 5) is 45.3. The third-order valence-electron chi connectivity index (χ3n) is 6.86. The molecule has 5 rings (SSSR count). The molecular formula is C32H28N2O7S. The van der Waals surface area contributed by atoms with Crippen LogP contribution in [0.3, 0.4) is 0 Å². The minimum atomic E-state index is -1.06. The number of hydrogen-bond acceptors (Lipinski definition) is 9. The first-order valence-corrected chi connectivity index (χ1v) is 13.8. The van der Waals surface area contributed by atoms with E-state index >= 15 is 0 Å². The Morgan fingerprint density at radius 1 is 0.976 bits per heavy atom. The van der Waals surface area contributed by atoms with Gasteiger partial charge in [-0.15, -0.1) is 0 Å². The van der Waals surface area contributed by atoms with Crippen LogP contribution in [0, 0.1) is 6.92 Å². The maximum absolute atomic E-state index is 13.5. The van der Waals surface area contributed by atoms with Gasteiger partial charge in [-0.3, -0.25) is 19.3 Å².